The number of rotatable bonds is 4. The second-order valence-corrected chi connectivity index (χ2v) is 7.60. The van der Waals surface area contributed by atoms with Crippen molar-refractivity contribution in [2.75, 3.05) is 11.9 Å². The fourth-order valence-electron chi connectivity index (χ4n) is 3.90. The maximum absolute atomic E-state index is 13.6. The van der Waals surface area contributed by atoms with Crippen molar-refractivity contribution in [2.24, 2.45) is 0 Å². The molecule has 0 radical (unpaired) electrons. The summed E-state index contributed by atoms with van der Waals surface area (Å²) in [6.07, 6.45) is 0.880. The smallest absolute Gasteiger partial charge is 0.244 e. The molecule has 1 aliphatic rings. The molecule has 0 spiro atoms. The highest BCUT2D eigenvalue weighted by molar-refractivity contribution is 5.97. The second-order valence-electron chi connectivity index (χ2n) is 7.60. The van der Waals surface area contributed by atoms with Crippen molar-refractivity contribution in [1.82, 2.24) is 4.90 Å². The van der Waals surface area contributed by atoms with Gasteiger partial charge in [-0.3, -0.25) is 9.59 Å². The molecule has 0 saturated carbocycles. The van der Waals surface area contributed by atoms with Crippen LogP contribution >= 0.6 is 0 Å². The molecule has 3 aromatic carbocycles. The number of benzene rings is 3. The number of hydrogen-bond donors (Lipinski definition) is 1. The van der Waals surface area contributed by atoms with Gasteiger partial charge < -0.3 is 10.2 Å². The van der Waals surface area contributed by atoms with E-state index in [2.05, 4.69) is 5.32 Å². The Hall–Kier alpha value is -3.47. The Kier molecular flexibility index (Phi) is 5.61. The Labute approximate surface area is 175 Å². The van der Waals surface area contributed by atoms with E-state index in [0.29, 0.717) is 12.1 Å². The van der Waals surface area contributed by atoms with Crippen LogP contribution in [0.15, 0.2) is 72.8 Å². The van der Waals surface area contributed by atoms with Crippen molar-refractivity contribution in [2.45, 2.75) is 25.8 Å². The van der Waals surface area contributed by atoms with Crippen LogP contribution in [0.1, 0.15) is 34.7 Å². The highest BCUT2D eigenvalue weighted by atomic mass is 19.1. The zero-order valence-corrected chi connectivity index (χ0v) is 16.8. The molecular weight excluding hydrogens is 379 g/mol. The lowest BCUT2D eigenvalue weighted by Gasteiger charge is -2.31. The van der Waals surface area contributed by atoms with Crippen LogP contribution in [0.2, 0.25) is 0 Å². The highest BCUT2D eigenvalue weighted by Crippen LogP contribution is 2.36. The predicted octanol–water partition coefficient (Wildman–Crippen LogP) is 4.64. The quantitative estimate of drug-likeness (QED) is 0.691. The lowest BCUT2D eigenvalue weighted by atomic mass is 9.94. The Bertz CT molecular complexity index is 1060. The van der Waals surface area contributed by atoms with Gasteiger partial charge in [0.25, 0.3) is 0 Å². The summed E-state index contributed by atoms with van der Waals surface area (Å²) in [7, 11) is 0. The summed E-state index contributed by atoms with van der Waals surface area (Å²) in [5.41, 5.74) is 4.38. The number of anilines is 1. The van der Waals surface area contributed by atoms with Crippen LogP contribution in [-0.2, 0) is 16.0 Å². The van der Waals surface area contributed by atoms with Gasteiger partial charge in [0.15, 0.2) is 0 Å². The van der Waals surface area contributed by atoms with Crippen molar-refractivity contribution in [3.63, 3.8) is 0 Å². The molecule has 0 bridgehead atoms. The molecule has 4 rings (SSSR count). The van der Waals surface area contributed by atoms with E-state index in [0.717, 1.165) is 22.3 Å². The Morgan fingerprint density at radius 3 is 2.53 bits per heavy atom. The molecule has 0 aromatic heterocycles. The first-order valence-corrected chi connectivity index (χ1v) is 10.0. The summed E-state index contributed by atoms with van der Waals surface area (Å²) >= 11 is 0. The summed E-state index contributed by atoms with van der Waals surface area (Å²) in [5.74, 6) is -0.691. The minimum Gasteiger partial charge on any atom is -0.324 e. The van der Waals surface area contributed by atoms with Gasteiger partial charge in [-0.15, -0.1) is 0 Å². The number of fused-ring (bicyclic) bond motifs is 1. The minimum atomic E-state index is -0.470. The predicted molar refractivity (Wildman–Crippen MR) is 115 cm³/mol. The zero-order chi connectivity index (χ0) is 21.1. The largest absolute Gasteiger partial charge is 0.324 e. The van der Waals surface area contributed by atoms with Gasteiger partial charge in [-0.2, -0.15) is 0 Å². The van der Waals surface area contributed by atoms with Gasteiger partial charge >= 0.3 is 0 Å². The van der Waals surface area contributed by atoms with Gasteiger partial charge in [-0.25, -0.2) is 4.39 Å². The van der Waals surface area contributed by atoms with Gasteiger partial charge in [0.05, 0.1) is 6.04 Å². The summed E-state index contributed by atoms with van der Waals surface area (Å²) in [6.45, 7) is 1.92. The van der Waals surface area contributed by atoms with Crippen molar-refractivity contribution in [3.8, 4) is 0 Å². The lowest BCUT2D eigenvalue weighted by Crippen LogP contribution is -2.39. The van der Waals surface area contributed by atoms with E-state index in [1.807, 2.05) is 55.5 Å². The first-order valence-electron chi connectivity index (χ1n) is 10.0. The van der Waals surface area contributed by atoms with E-state index >= 15 is 0 Å². The number of carbonyl (C=O) groups is 2. The van der Waals surface area contributed by atoms with Crippen LogP contribution in [0.3, 0.4) is 0 Å². The van der Waals surface area contributed by atoms with Crippen molar-refractivity contribution in [1.29, 1.82) is 0 Å². The Balaban J connectivity index is 1.72. The number of halogens is 1. The van der Waals surface area contributed by atoms with Crippen LogP contribution in [0, 0.1) is 12.7 Å². The van der Waals surface area contributed by atoms with Gasteiger partial charge in [0.1, 0.15) is 12.4 Å². The SMILES string of the molecule is Cc1ccc2c(c1)C(c1ccc(F)cc1)N(C(=O)CCc1ccccc1)CC(=O)N2. The Morgan fingerprint density at radius 2 is 1.80 bits per heavy atom. The average molecular weight is 402 g/mol. The third kappa shape index (κ3) is 4.25. The number of nitrogens with one attached hydrogen (secondary N) is 1. The monoisotopic (exact) mass is 402 g/mol. The number of nitrogens with zero attached hydrogens (tertiary/aromatic N) is 1. The van der Waals surface area contributed by atoms with E-state index in [9.17, 15) is 14.0 Å². The Morgan fingerprint density at radius 1 is 1.07 bits per heavy atom. The van der Waals surface area contributed by atoms with E-state index < -0.39 is 6.04 Å². The maximum Gasteiger partial charge on any atom is 0.244 e. The molecule has 1 N–H and O–H groups in total. The van der Waals surface area contributed by atoms with Crippen LogP contribution in [0.4, 0.5) is 10.1 Å². The number of carbonyl (C=O) groups excluding carboxylic acids is 2. The molecule has 0 aliphatic carbocycles. The summed E-state index contributed by atoms with van der Waals surface area (Å²) in [5, 5.41) is 2.91. The fourth-order valence-corrected chi connectivity index (χ4v) is 3.90. The first kappa shape index (κ1) is 19.8. The molecule has 1 atom stereocenters. The van der Waals surface area contributed by atoms with Gasteiger partial charge in [0, 0.05) is 17.7 Å². The molecular formula is C25H23FN2O2. The van der Waals surface area contributed by atoms with Gasteiger partial charge in [-0.05, 0) is 42.7 Å². The van der Waals surface area contributed by atoms with Crippen LogP contribution < -0.4 is 5.32 Å². The first-order chi connectivity index (χ1) is 14.5. The normalized spacial score (nSPS) is 15.9. The molecule has 2 amide bonds. The molecule has 30 heavy (non-hydrogen) atoms. The standard InChI is InChI=1S/C25H23FN2O2/c1-17-7-13-22-21(15-17)25(19-9-11-20(26)12-10-19)28(16-23(29)27-22)24(30)14-8-18-5-3-2-4-6-18/h2-7,9-13,15,25H,8,14,16H2,1H3,(H,27,29). The molecule has 1 aliphatic heterocycles. The van der Waals surface area contributed by atoms with Crippen molar-refractivity contribution in [3.05, 3.63) is 101 Å². The fraction of sp³-hybridized carbons (Fsp3) is 0.200. The van der Waals surface area contributed by atoms with Crippen molar-refractivity contribution < 1.29 is 14.0 Å². The van der Waals surface area contributed by atoms with Crippen LogP contribution in [0.5, 0.6) is 0 Å². The molecule has 0 saturated heterocycles. The number of amides is 2. The minimum absolute atomic E-state index is 0.0522. The second kappa shape index (κ2) is 8.49. The molecule has 1 unspecified atom stereocenters. The third-order valence-electron chi connectivity index (χ3n) is 5.38. The van der Waals surface area contributed by atoms with E-state index in [-0.39, 0.29) is 30.6 Å². The summed E-state index contributed by atoms with van der Waals surface area (Å²) in [6, 6.07) is 21.2. The molecule has 1 heterocycles. The molecule has 0 fully saturated rings. The highest BCUT2D eigenvalue weighted by Gasteiger charge is 2.33. The maximum atomic E-state index is 13.6. The lowest BCUT2D eigenvalue weighted by molar-refractivity contribution is -0.136. The van der Waals surface area contributed by atoms with Gasteiger partial charge in [0.2, 0.25) is 11.8 Å². The third-order valence-corrected chi connectivity index (χ3v) is 5.38. The van der Waals surface area contributed by atoms with Crippen molar-refractivity contribution >= 4 is 17.5 Å². The topological polar surface area (TPSA) is 49.4 Å². The number of hydrogen-bond acceptors (Lipinski definition) is 2. The molecule has 152 valence electrons. The molecule has 3 aromatic rings. The van der Waals surface area contributed by atoms with E-state index in [1.54, 1.807) is 17.0 Å². The zero-order valence-electron chi connectivity index (χ0n) is 16.8. The van der Waals surface area contributed by atoms with Gasteiger partial charge in [-0.1, -0.05) is 60.2 Å². The average Bonchev–Trinajstić information content (AvgIpc) is 2.89. The van der Waals surface area contributed by atoms with E-state index in [4.69, 9.17) is 0 Å². The molecule has 4 nitrogen and oxygen atoms in total. The van der Waals surface area contributed by atoms with Crippen LogP contribution in [0.25, 0.3) is 0 Å². The summed E-state index contributed by atoms with van der Waals surface area (Å²) in [4.78, 5) is 27.5. The molecule has 5 heteroatoms. The van der Waals surface area contributed by atoms with E-state index in [1.165, 1.54) is 12.1 Å². The number of aryl methyl sites for hydroxylation is 2. The summed E-state index contributed by atoms with van der Waals surface area (Å²) < 4.78 is 13.6. The van der Waals surface area contributed by atoms with Crippen LogP contribution in [-0.4, -0.2) is 23.3 Å².